The van der Waals surface area contributed by atoms with E-state index >= 15 is 0 Å². The summed E-state index contributed by atoms with van der Waals surface area (Å²) < 4.78 is 11.7. The Morgan fingerprint density at radius 1 is 1.03 bits per heavy atom. The molecule has 0 fully saturated rings. The molecular weight excluding hydrogens is 501 g/mol. The Labute approximate surface area is 220 Å². The molecule has 0 saturated carbocycles. The first-order chi connectivity index (χ1) is 17.4. The number of ether oxygens (including phenoxy) is 2. The predicted molar refractivity (Wildman–Crippen MR) is 138 cm³/mol. The van der Waals surface area contributed by atoms with E-state index < -0.39 is 6.10 Å². The van der Waals surface area contributed by atoms with Crippen molar-refractivity contribution >= 4 is 29.1 Å². The highest BCUT2D eigenvalue weighted by molar-refractivity contribution is 6.32. The van der Waals surface area contributed by atoms with Crippen molar-refractivity contribution in [3.63, 3.8) is 0 Å². The number of pyridine rings is 1. The fraction of sp³-hybridized carbons (Fsp3) is 0.333. The number of nitrogens with zero attached hydrogens (tertiary/aromatic N) is 3. The van der Waals surface area contributed by atoms with Gasteiger partial charge in [0.15, 0.2) is 0 Å². The van der Waals surface area contributed by atoms with Crippen LogP contribution in [-0.2, 0) is 19.6 Å². The molecule has 0 spiro atoms. The molecule has 2 aromatic carbocycles. The number of aliphatic hydroxyl groups excluding tert-OH is 1. The molecule has 188 valence electrons. The average molecular weight is 528 g/mol. The zero-order valence-corrected chi connectivity index (χ0v) is 21.2. The highest BCUT2D eigenvalue weighted by atomic mass is 35.5. The topological polar surface area (TPSA) is 75.1 Å². The van der Waals surface area contributed by atoms with Gasteiger partial charge in [-0.25, -0.2) is 4.98 Å². The standard InChI is InChI=1S/C27H27Cl2N3O4/c28-25-11-18(12-26(29)30-25)17-36-22-5-6-23-24(13-22)35-10-9-32(27(23)34)16-21(33)15-31-8-7-19-3-1-2-4-20(19)14-31/h1-6,11-13,21,33H,7-10,14-17H2. The van der Waals surface area contributed by atoms with Crippen LogP contribution in [0.2, 0.25) is 10.3 Å². The molecule has 0 radical (unpaired) electrons. The van der Waals surface area contributed by atoms with Crippen LogP contribution in [0.1, 0.15) is 27.0 Å². The van der Waals surface area contributed by atoms with Gasteiger partial charge in [0.25, 0.3) is 5.91 Å². The van der Waals surface area contributed by atoms with Crippen LogP contribution in [0.3, 0.4) is 0 Å². The molecule has 1 atom stereocenters. The van der Waals surface area contributed by atoms with Crippen LogP contribution in [0.15, 0.2) is 54.6 Å². The Bertz CT molecular complexity index is 1240. The summed E-state index contributed by atoms with van der Waals surface area (Å²) in [6, 6.07) is 16.9. The third-order valence-corrected chi connectivity index (χ3v) is 6.81. The van der Waals surface area contributed by atoms with Crippen molar-refractivity contribution in [1.82, 2.24) is 14.8 Å². The number of carbonyl (C=O) groups excluding carboxylic acids is 1. The number of halogens is 2. The van der Waals surface area contributed by atoms with E-state index in [1.54, 1.807) is 35.2 Å². The second-order valence-electron chi connectivity index (χ2n) is 9.07. The number of aliphatic hydroxyl groups is 1. The van der Waals surface area contributed by atoms with Gasteiger partial charge in [-0.05, 0) is 47.4 Å². The Morgan fingerprint density at radius 2 is 1.81 bits per heavy atom. The molecule has 0 saturated heterocycles. The van der Waals surface area contributed by atoms with Crippen LogP contribution in [0.5, 0.6) is 11.5 Å². The lowest BCUT2D eigenvalue weighted by Crippen LogP contribution is -2.44. The summed E-state index contributed by atoms with van der Waals surface area (Å²) in [5, 5.41) is 11.4. The predicted octanol–water partition coefficient (Wildman–Crippen LogP) is 4.22. The molecule has 1 aromatic heterocycles. The van der Waals surface area contributed by atoms with Gasteiger partial charge in [-0.1, -0.05) is 47.5 Å². The van der Waals surface area contributed by atoms with Gasteiger partial charge >= 0.3 is 0 Å². The maximum atomic E-state index is 13.2. The molecule has 1 N–H and O–H groups in total. The number of hydrogen-bond donors (Lipinski definition) is 1. The van der Waals surface area contributed by atoms with E-state index in [0.717, 1.165) is 25.1 Å². The van der Waals surface area contributed by atoms with Gasteiger partial charge in [-0.3, -0.25) is 9.69 Å². The highest BCUT2D eigenvalue weighted by Crippen LogP contribution is 2.29. The van der Waals surface area contributed by atoms with Crippen LogP contribution < -0.4 is 9.47 Å². The van der Waals surface area contributed by atoms with Crippen LogP contribution in [0.25, 0.3) is 0 Å². The number of benzene rings is 2. The molecule has 9 heteroatoms. The minimum Gasteiger partial charge on any atom is -0.491 e. The molecule has 0 aliphatic carbocycles. The number of β-amino-alcohol motifs (C(OH)–C–C–N with tert-alkyl or cyclic N) is 1. The van der Waals surface area contributed by atoms with Crippen molar-refractivity contribution in [2.45, 2.75) is 25.7 Å². The summed E-state index contributed by atoms with van der Waals surface area (Å²) >= 11 is 11.9. The van der Waals surface area contributed by atoms with Gasteiger partial charge in [0.2, 0.25) is 0 Å². The van der Waals surface area contributed by atoms with Crippen molar-refractivity contribution in [3.8, 4) is 11.5 Å². The zero-order chi connectivity index (χ0) is 25.1. The zero-order valence-electron chi connectivity index (χ0n) is 19.7. The van der Waals surface area contributed by atoms with Gasteiger partial charge in [-0.15, -0.1) is 0 Å². The summed E-state index contributed by atoms with van der Waals surface area (Å²) in [6.07, 6.45) is 0.320. The van der Waals surface area contributed by atoms with Crippen LogP contribution in [-0.4, -0.2) is 64.7 Å². The third kappa shape index (κ3) is 5.93. The van der Waals surface area contributed by atoms with Gasteiger partial charge < -0.3 is 19.5 Å². The summed E-state index contributed by atoms with van der Waals surface area (Å²) in [7, 11) is 0. The van der Waals surface area contributed by atoms with E-state index in [4.69, 9.17) is 32.7 Å². The second kappa shape index (κ2) is 11.0. The molecule has 2 aliphatic rings. The van der Waals surface area contributed by atoms with Gasteiger partial charge in [-0.2, -0.15) is 0 Å². The molecule has 3 aromatic rings. The minimum absolute atomic E-state index is 0.162. The lowest BCUT2D eigenvalue weighted by atomic mass is 10.00. The molecule has 1 unspecified atom stereocenters. The Hall–Kier alpha value is -2.84. The number of rotatable bonds is 7. The van der Waals surface area contributed by atoms with Crippen molar-refractivity contribution in [2.24, 2.45) is 0 Å². The quantitative estimate of drug-likeness (QED) is 0.463. The highest BCUT2D eigenvalue weighted by Gasteiger charge is 2.27. The first-order valence-electron chi connectivity index (χ1n) is 11.9. The third-order valence-electron chi connectivity index (χ3n) is 6.43. The molecule has 3 heterocycles. The van der Waals surface area contributed by atoms with Crippen molar-refractivity contribution in [1.29, 1.82) is 0 Å². The van der Waals surface area contributed by atoms with E-state index in [9.17, 15) is 9.90 Å². The van der Waals surface area contributed by atoms with Crippen LogP contribution in [0, 0.1) is 0 Å². The summed E-state index contributed by atoms with van der Waals surface area (Å²) in [4.78, 5) is 21.1. The van der Waals surface area contributed by atoms with E-state index in [1.165, 1.54) is 11.1 Å². The van der Waals surface area contributed by atoms with E-state index in [1.807, 2.05) is 6.07 Å². The van der Waals surface area contributed by atoms with Gasteiger partial charge in [0, 0.05) is 32.2 Å². The SMILES string of the molecule is O=C1c2ccc(OCc3cc(Cl)nc(Cl)c3)cc2OCCN1CC(O)CN1CCc2ccccc2C1. The largest absolute Gasteiger partial charge is 0.491 e. The molecule has 0 bridgehead atoms. The smallest absolute Gasteiger partial charge is 0.257 e. The number of aromatic nitrogens is 1. The van der Waals surface area contributed by atoms with Crippen molar-refractivity contribution in [3.05, 3.63) is 87.2 Å². The summed E-state index contributed by atoms with van der Waals surface area (Å²) in [6.45, 7) is 3.46. The normalized spacial score (nSPS) is 16.5. The van der Waals surface area contributed by atoms with Gasteiger partial charge in [0.1, 0.15) is 35.0 Å². The Morgan fingerprint density at radius 3 is 2.61 bits per heavy atom. The summed E-state index contributed by atoms with van der Waals surface area (Å²) in [5.41, 5.74) is 3.91. The first-order valence-corrected chi connectivity index (χ1v) is 12.7. The average Bonchev–Trinajstić information content (AvgIpc) is 3.00. The molecule has 1 amide bonds. The fourth-order valence-electron chi connectivity index (χ4n) is 4.68. The summed E-state index contributed by atoms with van der Waals surface area (Å²) in [5.74, 6) is 0.863. The molecule has 5 rings (SSSR count). The maximum Gasteiger partial charge on any atom is 0.257 e. The van der Waals surface area contributed by atoms with Crippen LogP contribution in [0.4, 0.5) is 0 Å². The number of hydrogen-bond acceptors (Lipinski definition) is 6. The fourth-order valence-corrected chi connectivity index (χ4v) is 5.19. The molecule has 7 nitrogen and oxygen atoms in total. The minimum atomic E-state index is -0.651. The lowest BCUT2D eigenvalue weighted by Gasteiger charge is -2.32. The van der Waals surface area contributed by atoms with Crippen molar-refractivity contribution in [2.75, 3.05) is 32.8 Å². The number of carbonyl (C=O) groups is 1. The molecular formula is C27H27Cl2N3O4. The van der Waals surface area contributed by atoms with Crippen molar-refractivity contribution < 1.29 is 19.4 Å². The maximum absolute atomic E-state index is 13.2. The lowest BCUT2D eigenvalue weighted by molar-refractivity contribution is 0.0501. The van der Waals surface area contributed by atoms with E-state index in [2.05, 4.69) is 28.1 Å². The monoisotopic (exact) mass is 527 g/mol. The second-order valence-corrected chi connectivity index (χ2v) is 9.85. The molecule has 2 aliphatic heterocycles. The molecule has 36 heavy (non-hydrogen) atoms. The number of fused-ring (bicyclic) bond motifs is 2. The van der Waals surface area contributed by atoms with Crippen LogP contribution >= 0.6 is 23.2 Å². The van der Waals surface area contributed by atoms with Gasteiger partial charge in [0.05, 0.1) is 18.2 Å². The number of amides is 1. The van der Waals surface area contributed by atoms with E-state index in [-0.39, 0.29) is 19.1 Å². The Balaban J connectivity index is 1.19. The van der Waals surface area contributed by atoms with E-state index in [0.29, 0.717) is 47.1 Å². The Kier molecular flexibility index (Phi) is 7.62. The first kappa shape index (κ1) is 24.8.